The van der Waals surface area contributed by atoms with E-state index in [1.54, 1.807) is 18.2 Å². The standard InChI is InChI=1S/C30H21NO2/c32-29-24-7-3-4-8-25(24)30(33)27(29)12-18-9-10-23(11-18)31-16-22-14-21-13-19-5-1-2-6-20(19)15-26(21)28(22)17-31/h1-10,12-13,15H,11,14,16-17H2. The summed E-state index contributed by atoms with van der Waals surface area (Å²) in [5, 5.41) is 2.61. The second-order valence-electron chi connectivity index (χ2n) is 9.31. The fourth-order valence-corrected chi connectivity index (χ4v) is 5.71. The summed E-state index contributed by atoms with van der Waals surface area (Å²) in [5.41, 5.74) is 9.45. The van der Waals surface area contributed by atoms with Crippen molar-refractivity contribution in [1.82, 2.24) is 4.90 Å². The minimum absolute atomic E-state index is 0.157. The predicted molar refractivity (Wildman–Crippen MR) is 130 cm³/mol. The van der Waals surface area contributed by atoms with Gasteiger partial charge in [-0.2, -0.15) is 0 Å². The lowest BCUT2D eigenvalue weighted by atomic mass is 9.99. The number of carbonyl (C=O) groups excluding carboxylic acids is 2. The summed E-state index contributed by atoms with van der Waals surface area (Å²) in [4.78, 5) is 27.9. The maximum atomic E-state index is 12.7. The highest BCUT2D eigenvalue weighted by atomic mass is 16.2. The van der Waals surface area contributed by atoms with Crippen molar-refractivity contribution in [3.05, 3.63) is 124 Å². The summed E-state index contributed by atoms with van der Waals surface area (Å²) < 4.78 is 0. The zero-order valence-electron chi connectivity index (χ0n) is 18.1. The van der Waals surface area contributed by atoms with E-state index in [2.05, 4.69) is 53.5 Å². The van der Waals surface area contributed by atoms with Gasteiger partial charge in [0.2, 0.25) is 0 Å². The average Bonchev–Trinajstić information content (AvgIpc) is 3.58. The highest BCUT2D eigenvalue weighted by Gasteiger charge is 2.34. The zero-order valence-corrected chi connectivity index (χ0v) is 18.1. The van der Waals surface area contributed by atoms with E-state index in [0.717, 1.165) is 31.5 Å². The molecule has 0 saturated carbocycles. The predicted octanol–water partition coefficient (Wildman–Crippen LogP) is 5.68. The fraction of sp³-hybridized carbons (Fsp3) is 0.133. The average molecular weight is 428 g/mol. The van der Waals surface area contributed by atoms with Gasteiger partial charge in [0.25, 0.3) is 0 Å². The van der Waals surface area contributed by atoms with Crippen LogP contribution in [0.1, 0.15) is 38.3 Å². The number of fused-ring (bicyclic) bond motifs is 4. The van der Waals surface area contributed by atoms with E-state index in [1.807, 2.05) is 12.1 Å². The third-order valence-electron chi connectivity index (χ3n) is 7.37. The smallest absolute Gasteiger partial charge is 0.197 e. The molecule has 4 aliphatic rings. The molecule has 0 aromatic heterocycles. The van der Waals surface area contributed by atoms with Crippen molar-refractivity contribution in [3.8, 4) is 0 Å². The maximum absolute atomic E-state index is 12.7. The van der Waals surface area contributed by atoms with E-state index in [-0.39, 0.29) is 11.6 Å². The summed E-state index contributed by atoms with van der Waals surface area (Å²) in [6, 6.07) is 20.4. The van der Waals surface area contributed by atoms with Crippen LogP contribution in [-0.4, -0.2) is 29.6 Å². The Labute approximate surface area is 192 Å². The first-order valence-corrected chi connectivity index (χ1v) is 11.4. The van der Waals surface area contributed by atoms with Gasteiger partial charge >= 0.3 is 0 Å². The van der Waals surface area contributed by atoms with E-state index in [9.17, 15) is 9.59 Å². The molecule has 0 bridgehead atoms. The van der Waals surface area contributed by atoms with E-state index in [1.165, 1.54) is 38.7 Å². The Morgan fingerprint density at radius 3 is 2.18 bits per heavy atom. The Kier molecular flexibility index (Phi) is 3.80. The van der Waals surface area contributed by atoms with Crippen molar-refractivity contribution in [1.29, 1.82) is 0 Å². The SMILES string of the molecule is O=C1C(=CC2=CC=C(N3CC4=C(C3)c3cc5ccccc5cc3C4)C2)C(=O)c2ccccc21. The van der Waals surface area contributed by atoms with Crippen LogP contribution in [0.2, 0.25) is 0 Å². The fourth-order valence-electron chi connectivity index (χ4n) is 5.71. The summed E-state index contributed by atoms with van der Waals surface area (Å²) in [7, 11) is 0. The molecule has 3 aromatic carbocycles. The number of rotatable bonds is 2. The van der Waals surface area contributed by atoms with Gasteiger partial charge in [-0.25, -0.2) is 0 Å². The van der Waals surface area contributed by atoms with Crippen LogP contribution in [0.5, 0.6) is 0 Å². The maximum Gasteiger partial charge on any atom is 0.197 e. The molecule has 0 fully saturated rings. The molecule has 0 radical (unpaired) electrons. The Balaban J connectivity index is 1.09. The quantitative estimate of drug-likeness (QED) is 0.390. The molecule has 0 atom stereocenters. The molecule has 7 rings (SSSR count). The van der Waals surface area contributed by atoms with Gasteiger partial charge in [0.1, 0.15) is 0 Å². The number of allylic oxidation sites excluding steroid dienone is 5. The van der Waals surface area contributed by atoms with E-state index in [4.69, 9.17) is 0 Å². The van der Waals surface area contributed by atoms with Crippen LogP contribution in [0.25, 0.3) is 16.3 Å². The third kappa shape index (κ3) is 2.75. The monoisotopic (exact) mass is 427 g/mol. The van der Waals surface area contributed by atoms with Crippen molar-refractivity contribution in [2.45, 2.75) is 12.8 Å². The van der Waals surface area contributed by atoms with Crippen molar-refractivity contribution >= 4 is 27.9 Å². The molecule has 3 aromatic rings. The minimum Gasteiger partial charge on any atom is -0.366 e. The number of hydrogen-bond donors (Lipinski definition) is 0. The Bertz CT molecular complexity index is 1510. The van der Waals surface area contributed by atoms with Gasteiger partial charge < -0.3 is 4.90 Å². The van der Waals surface area contributed by atoms with Gasteiger partial charge in [0, 0.05) is 36.3 Å². The van der Waals surface area contributed by atoms with Gasteiger partial charge in [-0.3, -0.25) is 9.59 Å². The summed E-state index contributed by atoms with van der Waals surface area (Å²) >= 11 is 0. The first-order chi connectivity index (χ1) is 16.2. The number of Topliss-reactive ketones (excluding diaryl/α,β-unsaturated/α-hetero) is 2. The zero-order chi connectivity index (χ0) is 22.1. The van der Waals surface area contributed by atoms with Gasteiger partial charge in [-0.05, 0) is 63.3 Å². The third-order valence-corrected chi connectivity index (χ3v) is 7.37. The number of benzene rings is 3. The van der Waals surface area contributed by atoms with Gasteiger partial charge in [-0.15, -0.1) is 0 Å². The normalized spacial score (nSPS) is 18.7. The lowest BCUT2D eigenvalue weighted by Gasteiger charge is -2.22. The molecule has 33 heavy (non-hydrogen) atoms. The molecule has 158 valence electrons. The Hall–Kier alpha value is -3.98. The van der Waals surface area contributed by atoms with Crippen LogP contribution in [0.15, 0.2) is 101 Å². The number of nitrogens with zero attached hydrogens (tertiary/aromatic N) is 1. The molecule has 1 heterocycles. The molecular weight excluding hydrogens is 406 g/mol. The van der Waals surface area contributed by atoms with Crippen LogP contribution < -0.4 is 0 Å². The van der Waals surface area contributed by atoms with E-state index in [0.29, 0.717) is 16.7 Å². The van der Waals surface area contributed by atoms with Crippen molar-refractivity contribution in [2.75, 3.05) is 13.1 Å². The van der Waals surface area contributed by atoms with Crippen molar-refractivity contribution in [3.63, 3.8) is 0 Å². The van der Waals surface area contributed by atoms with Crippen LogP contribution in [0, 0.1) is 0 Å². The largest absolute Gasteiger partial charge is 0.366 e. The second kappa shape index (κ2) is 6.76. The lowest BCUT2D eigenvalue weighted by Crippen LogP contribution is -2.21. The molecule has 0 saturated heterocycles. The topological polar surface area (TPSA) is 37.4 Å². The number of carbonyl (C=O) groups is 2. The van der Waals surface area contributed by atoms with Gasteiger partial charge in [0.15, 0.2) is 11.6 Å². The van der Waals surface area contributed by atoms with Crippen LogP contribution in [0.3, 0.4) is 0 Å². The van der Waals surface area contributed by atoms with Crippen LogP contribution >= 0.6 is 0 Å². The molecule has 0 unspecified atom stereocenters. The number of hydrogen-bond acceptors (Lipinski definition) is 3. The Morgan fingerprint density at radius 2 is 1.42 bits per heavy atom. The van der Waals surface area contributed by atoms with Crippen molar-refractivity contribution in [2.24, 2.45) is 0 Å². The first-order valence-electron chi connectivity index (χ1n) is 11.4. The first kappa shape index (κ1) is 18.6. The Morgan fingerprint density at radius 1 is 0.727 bits per heavy atom. The molecule has 0 N–H and O–H groups in total. The van der Waals surface area contributed by atoms with Crippen LogP contribution in [0.4, 0.5) is 0 Å². The summed E-state index contributed by atoms with van der Waals surface area (Å²) in [5.74, 6) is -0.314. The molecule has 3 heteroatoms. The van der Waals surface area contributed by atoms with Gasteiger partial charge in [0.05, 0.1) is 5.57 Å². The summed E-state index contributed by atoms with van der Waals surface area (Å²) in [6.45, 7) is 1.88. The molecule has 0 spiro atoms. The molecule has 3 nitrogen and oxygen atoms in total. The lowest BCUT2D eigenvalue weighted by molar-refractivity contribution is 0.0988. The number of ketones is 2. The molecule has 1 aliphatic heterocycles. The van der Waals surface area contributed by atoms with Crippen LogP contribution in [-0.2, 0) is 6.42 Å². The van der Waals surface area contributed by atoms with E-state index >= 15 is 0 Å². The van der Waals surface area contributed by atoms with Crippen molar-refractivity contribution < 1.29 is 9.59 Å². The minimum atomic E-state index is -0.157. The second-order valence-corrected chi connectivity index (χ2v) is 9.31. The van der Waals surface area contributed by atoms with E-state index < -0.39 is 0 Å². The highest BCUT2D eigenvalue weighted by molar-refractivity contribution is 6.39. The molecular formula is C30H21NO2. The summed E-state index contributed by atoms with van der Waals surface area (Å²) in [6.07, 6.45) is 7.78. The highest BCUT2D eigenvalue weighted by Crippen LogP contribution is 2.42. The molecule has 0 amide bonds. The molecule has 3 aliphatic carbocycles. The van der Waals surface area contributed by atoms with Gasteiger partial charge in [-0.1, -0.05) is 60.7 Å².